The van der Waals surface area contributed by atoms with Gasteiger partial charge in [-0.3, -0.25) is 0 Å². The zero-order chi connectivity index (χ0) is 12.6. The zero-order valence-electron chi connectivity index (χ0n) is 10.9. The molecule has 0 radical (unpaired) electrons. The minimum absolute atomic E-state index is 0.674. The Bertz CT molecular complexity index is 352. The van der Waals surface area contributed by atoms with E-state index >= 15 is 0 Å². The van der Waals surface area contributed by atoms with Crippen molar-refractivity contribution in [3.8, 4) is 0 Å². The van der Waals surface area contributed by atoms with Gasteiger partial charge >= 0.3 is 0 Å². The molecule has 0 aromatic carbocycles. The number of aromatic nitrogens is 2. The molecule has 18 heavy (non-hydrogen) atoms. The number of anilines is 2. The maximum Gasteiger partial charge on any atom is 0.227 e. The van der Waals surface area contributed by atoms with Gasteiger partial charge in [0.05, 0.1) is 6.61 Å². The summed E-state index contributed by atoms with van der Waals surface area (Å²) in [6.45, 7) is 5.46. The van der Waals surface area contributed by atoms with E-state index in [9.17, 15) is 0 Å². The van der Waals surface area contributed by atoms with Crippen LogP contribution in [-0.2, 0) is 4.74 Å². The van der Waals surface area contributed by atoms with Crippen molar-refractivity contribution in [3.63, 3.8) is 0 Å². The quantitative estimate of drug-likeness (QED) is 0.736. The van der Waals surface area contributed by atoms with E-state index in [1.165, 1.54) is 0 Å². The maximum absolute atomic E-state index is 5.00. The van der Waals surface area contributed by atoms with Crippen LogP contribution in [0.5, 0.6) is 0 Å². The summed E-state index contributed by atoms with van der Waals surface area (Å²) < 4.78 is 5.00. The first kappa shape index (κ1) is 13.0. The fourth-order valence-electron chi connectivity index (χ4n) is 1.93. The van der Waals surface area contributed by atoms with E-state index in [0.717, 1.165) is 50.9 Å². The van der Waals surface area contributed by atoms with Gasteiger partial charge in [0.25, 0.3) is 0 Å². The zero-order valence-corrected chi connectivity index (χ0v) is 10.9. The van der Waals surface area contributed by atoms with Crippen LogP contribution in [0.15, 0.2) is 12.3 Å². The Morgan fingerprint density at radius 1 is 1.44 bits per heavy atom. The number of methoxy groups -OCH3 is 1. The van der Waals surface area contributed by atoms with Crippen molar-refractivity contribution in [1.82, 2.24) is 15.3 Å². The summed E-state index contributed by atoms with van der Waals surface area (Å²) in [5, 5.41) is 6.60. The highest BCUT2D eigenvalue weighted by Crippen LogP contribution is 2.11. The van der Waals surface area contributed by atoms with E-state index in [4.69, 9.17) is 4.74 Å². The lowest BCUT2D eigenvalue weighted by Gasteiger charge is -2.20. The molecular formula is C12H21N5O. The van der Waals surface area contributed by atoms with E-state index in [0.29, 0.717) is 6.61 Å². The van der Waals surface area contributed by atoms with Crippen LogP contribution in [0, 0.1) is 0 Å². The predicted octanol–water partition coefficient (Wildman–Crippen LogP) is 0.335. The van der Waals surface area contributed by atoms with Gasteiger partial charge in [0.2, 0.25) is 5.95 Å². The summed E-state index contributed by atoms with van der Waals surface area (Å²) in [6.07, 6.45) is 2.93. The summed E-state index contributed by atoms with van der Waals surface area (Å²) >= 11 is 0. The monoisotopic (exact) mass is 251 g/mol. The minimum Gasteiger partial charge on any atom is -0.383 e. The first-order chi connectivity index (χ1) is 8.90. The highest BCUT2D eigenvalue weighted by atomic mass is 16.5. The van der Waals surface area contributed by atoms with Crippen LogP contribution >= 0.6 is 0 Å². The molecule has 2 rings (SSSR count). The van der Waals surface area contributed by atoms with Gasteiger partial charge in [-0.2, -0.15) is 4.98 Å². The molecule has 1 saturated heterocycles. The van der Waals surface area contributed by atoms with Gasteiger partial charge in [-0.1, -0.05) is 0 Å². The second kappa shape index (κ2) is 7.13. The molecule has 1 aliphatic rings. The average Bonchev–Trinajstić information content (AvgIpc) is 2.68. The molecule has 0 bridgehead atoms. The van der Waals surface area contributed by atoms with E-state index in [2.05, 4.69) is 25.5 Å². The van der Waals surface area contributed by atoms with E-state index < -0.39 is 0 Å². The second-order valence-electron chi connectivity index (χ2n) is 4.25. The molecule has 1 aliphatic heterocycles. The van der Waals surface area contributed by atoms with Crippen molar-refractivity contribution >= 4 is 11.8 Å². The molecule has 0 aliphatic carbocycles. The van der Waals surface area contributed by atoms with Crippen molar-refractivity contribution < 1.29 is 4.74 Å². The molecule has 6 nitrogen and oxygen atoms in total. The van der Waals surface area contributed by atoms with Crippen LogP contribution in [0.4, 0.5) is 11.8 Å². The standard InChI is InChI=1S/C12H21N5O/c1-18-10-7-14-11-3-5-15-12(16-11)17-8-2-4-13-6-9-17/h3,5,13H,2,4,6-10H2,1H3,(H,14,15,16). The number of hydrogen-bond donors (Lipinski definition) is 2. The molecule has 0 amide bonds. The maximum atomic E-state index is 5.00. The van der Waals surface area contributed by atoms with E-state index in [1.807, 2.05) is 6.07 Å². The fourth-order valence-corrected chi connectivity index (χ4v) is 1.93. The molecule has 0 unspecified atom stereocenters. The van der Waals surface area contributed by atoms with Crippen LogP contribution in [0.25, 0.3) is 0 Å². The summed E-state index contributed by atoms with van der Waals surface area (Å²) in [6, 6.07) is 1.88. The molecule has 0 saturated carbocycles. The Hall–Kier alpha value is -1.40. The summed E-state index contributed by atoms with van der Waals surface area (Å²) in [7, 11) is 1.69. The molecule has 2 heterocycles. The first-order valence-corrected chi connectivity index (χ1v) is 6.41. The van der Waals surface area contributed by atoms with Crippen molar-refractivity contribution in [1.29, 1.82) is 0 Å². The van der Waals surface area contributed by atoms with Gasteiger partial charge in [0, 0.05) is 39.5 Å². The molecule has 1 aromatic heterocycles. The number of hydrogen-bond acceptors (Lipinski definition) is 6. The normalized spacial score (nSPS) is 16.4. The molecule has 1 fully saturated rings. The number of rotatable bonds is 5. The second-order valence-corrected chi connectivity index (χ2v) is 4.25. The average molecular weight is 251 g/mol. The van der Waals surface area contributed by atoms with Crippen molar-refractivity contribution in [2.45, 2.75) is 6.42 Å². The van der Waals surface area contributed by atoms with Crippen molar-refractivity contribution in [2.24, 2.45) is 0 Å². The molecular weight excluding hydrogens is 230 g/mol. The molecule has 100 valence electrons. The molecule has 2 N–H and O–H groups in total. The lowest BCUT2D eigenvalue weighted by molar-refractivity contribution is 0.210. The van der Waals surface area contributed by atoms with Crippen LogP contribution in [0.2, 0.25) is 0 Å². The highest BCUT2D eigenvalue weighted by Gasteiger charge is 2.12. The van der Waals surface area contributed by atoms with Crippen LogP contribution in [0.3, 0.4) is 0 Å². The fraction of sp³-hybridized carbons (Fsp3) is 0.667. The third kappa shape index (κ3) is 3.82. The lowest BCUT2D eigenvalue weighted by atomic mass is 10.4. The molecule has 0 spiro atoms. The topological polar surface area (TPSA) is 62.3 Å². The van der Waals surface area contributed by atoms with Crippen LogP contribution in [-0.4, -0.2) is 56.4 Å². The van der Waals surface area contributed by atoms with Gasteiger partial charge in [-0.05, 0) is 19.0 Å². The highest BCUT2D eigenvalue weighted by molar-refractivity contribution is 5.41. The number of nitrogens with one attached hydrogen (secondary N) is 2. The lowest BCUT2D eigenvalue weighted by Crippen LogP contribution is -2.29. The van der Waals surface area contributed by atoms with Crippen molar-refractivity contribution in [3.05, 3.63) is 12.3 Å². The van der Waals surface area contributed by atoms with Gasteiger partial charge in [0.1, 0.15) is 5.82 Å². The first-order valence-electron chi connectivity index (χ1n) is 6.41. The molecule has 0 atom stereocenters. The molecule has 6 heteroatoms. The predicted molar refractivity (Wildman–Crippen MR) is 72.1 cm³/mol. The van der Waals surface area contributed by atoms with Crippen LogP contribution in [0.1, 0.15) is 6.42 Å². The summed E-state index contributed by atoms with van der Waals surface area (Å²) in [4.78, 5) is 11.1. The largest absolute Gasteiger partial charge is 0.383 e. The SMILES string of the molecule is COCCNc1ccnc(N2CCCNCC2)n1. The summed E-state index contributed by atoms with van der Waals surface area (Å²) in [5.74, 6) is 1.66. The van der Waals surface area contributed by atoms with Crippen molar-refractivity contribution in [2.75, 3.05) is 56.7 Å². The minimum atomic E-state index is 0.674. The van der Waals surface area contributed by atoms with Gasteiger partial charge in [-0.15, -0.1) is 0 Å². The van der Waals surface area contributed by atoms with E-state index in [-0.39, 0.29) is 0 Å². The Balaban J connectivity index is 1.96. The third-order valence-electron chi connectivity index (χ3n) is 2.88. The Morgan fingerprint density at radius 3 is 3.28 bits per heavy atom. The third-order valence-corrected chi connectivity index (χ3v) is 2.88. The Morgan fingerprint density at radius 2 is 2.39 bits per heavy atom. The van der Waals surface area contributed by atoms with Gasteiger partial charge in [-0.25, -0.2) is 4.98 Å². The molecule has 1 aromatic rings. The van der Waals surface area contributed by atoms with Gasteiger partial charge < -0.3 is 20.3 Å². The summed E-state index contributed by atoms with van der Waals surface area (Å²) in [5.41, 5.74) is 0. The smallest absolute Gasteiger partial charge is 0.227 e. The van der Waals surface area contributed by atoms with Gasteiger partial charge in [0.15, 0.2) is 0 Å². The number of nitrogens with zero attached hydrogens (tertiary/aromatic N) is 3. The Kier molecular flexibility index (Phi) is 5.16. The van der Waals surface area contributed by atoms with E-state index in [1.54, 1.807) is 13.3 Å². The van der Waals surface area contributed by atoms with Crippen LogP contribution < -0.4 is 15.5 Å². The number of ether oxygens (including phenoxy) is 1. The Labute approximate surface area is 108 Å².